The van der Waals surface area contributed by atoms with Gasteiger partial charge in [0.15, 0.2) is 17.3 Å². The van der Waals surface area contributed by atoms with Crippen molar-refractivity contribution >= 4 is 5.97 Å². The Kier molecular flexibility index (Phi) is 7.72. The number of halogens is 1. The zero-order chi connectivity index (χ0) is 23.1. The van der Waals surface area contributed by atoms with Crippen LogP contribution in [-0.2, 0) is 11.3 Å². The van der Waals surface area contributed by atoms with Gasteiger partial charge in [-0.1, -0.05) is 31.5 Å². The number of benzene rings is 2. The van der Waals surface area contributed by atoms with E-state index in [2.05, 4.69) is 27.8 Å². The van der Waals surface area contributed by atoms with Gasteiger partial charge in [0.25, 0.3) is 0 Å². The lowest BCUT2D eigenvalue weighted by atomic mass is 9.99. The van der Waals surface area contributed by atoms with Gasteiger partial charge in [-0.05, 0) is 52.2 Å². The highest BCUT2D eigenvalue weighted by atomic mass is 19.1. The minimum Gasteiger partial charge on any atom is -0.504 e. The molecule has 1 heterocycles. The Balaban J connectivity index is 2.04. The third-order valence-corrected chi connectivity index (χ3v) is 5.10. The van der Waals surface area contributed by atoms with E-state index in [1.807, 2.05) is 0 Å². The van der Waals surface area contributed by atoms with Crippen LogP contribution < -0.4 is 10.1 Å². The second-order valence-corrected chi connectivity index (χ2v) is 7.35. The molecule has 0 bridgehead atoms. The SMILES string of the molecule is CCCCn1nnnc1C(NC(CC(=O)O)c1ccc(F)cc1)c1ccc(OC)c(O)c1. The molecule has 2 unspecified atom stereocenters. The van der Waals surface area contributed by atoms with Gasteiger partial charge in [0, 0.05) is 12.6 Å². The van der Waals surface area contributed by atoms with E-state index in [0.717, 1.165) is 12.8 Å². The fourth-order valence-electron chi connectivity index (χ4n) is 3.44. The molecule has 10 heteroatoms. The number of methoxy groups -OCH3 is 1. The van der Waals surface area contributed by atoms with Crippen LogP contribution in [0, 0.1) is 5.82 Å². The topological polar surface area (TPSA) is 122 Å². The predicted octanol–water partition coefficient (Wildman–Crippen LogP) is 3.22. The number of unbranched alkanes of at least 4 members (excludes halogenated alkanes) is 1. The lowest BCUT2D eigenvalue weighted by Gasteiger charge is -2.25. The molecule has 0 aliphatic rings. The molecule has 2 atom stereocenters. The van der Waals surface area contributed by atoms with Crippen LogP contribution in [-0.4, -0.2) is 43.5 Å². The molecule has 9 nitrogen and oxygen atoms in total. The summed E-state index contributed by atoms with van der Waals surface area (Å²) in [6.07, 6.45) is 1.55. The van der Waals surface area contributed by atoms with Crippen molar-refractivity contribution in [3.05, 3.63) is 65.2 Å². The molecule has 0 aliphatic heterocycles. The maximum atomic E-state index is 13.4. The molecule has 0 aliphatic carbocycles. The first-order chi connectivity index (χ1) is 15.4. The average Bonchev–Trinajstić information content (AvgIpc) is 3.23. The summed E-state index contributed by atoms with van der Waals surface area (Å²) >= 11 is 0. The molecule has 3 N–H and O–H groups in total. The lowest BCUT2D eigenvalue weighted by Crippen LogP contribution is -2.31. The Morgan fingerprint density at radius 3 is 2.56 bits per heavy atom. The Morgan fingerprint density at radius 1 is 1.22 bits per heavy atom. The van der Waals surface area contributed by atoms with Gasteiger partial charge in [0.2, 0.25) is 0 Å². The van der Waals surface area contributed by atoms with E-state index in [1.165, 1.54) is 25.3 Å². The summed E-state index contributed by atoms with van der Waals surface area (Å²) in [4.78, 5) is 11.6. The quantitative estimate of drug-likeness (QED) is 0.413. The van der Waals surface area contributed by atoms with Crippen molar-refractivity contribution in [2.75, 3.05) is 7.11 Å². The number of rotatable bonds is 11. The number of tetrazole rings is 1. The summed E-state index contributed by atoms with van der Waals surface area (Å²) in [5.41, 5.74) is 1.22. The van der Waals surface area contributed by atoms with E-state index < -0.39 is 23.9 Å². The van der Waals surface area contributed by atoms with Crippen molar-refractivity contribution < 1.29 is 24.1 Å². The molecule has 0 saturated heterocycles. The second-order valence-electron chi connectivity index (χ2n) is 7.35. The molecule has 32 heavy (non-hydrogen) atoms. The smallest absolute Gasteiger partial charge is 0.305 e. The highest BCUT2D eigenvalue weighted by Gasteiger charge is 2.27. The lowest BCUT2D eigenvalue weighted by molar-refractivity contribution is -0.137. The first-order valence-electron chi connectivity index (χ1n) is 10.3. The van der Waals surface area contributed by atoms with Gasteiger partial charge >= 0.3 is 5.97 Å². The molecule has 3 rings (SSSR count). The number of aryl methyl sites for hydroxylation is 1. The molecule has 0 fully saturated rings. The number of carbonyl (C=O) groups is 1. The van der Waals surface area contributed by atoms with E-state index in [9.17, 15) is 19.4 Å². The highest BCUT2D eigenvalue weighted by Crippen LogP contribution is 2.33. The highest BCUT2D eigenvalue weighted by molar-refractivity contribution is 5.68. The van der Waals surface area contributed by atoms with Gasteiger partial charge in [0.05, 0.1) is 19.6 Å². The van der Waals surface area contributed by atoms with E-state index in [0.29, 0.717) is 29.2 Å². The van der Waals surface area contributed by atoms with Crippen LogP contribution in [0.2, 0.25) is 0 Å². The predicted molar refractivity (Wildman–Crippen MR) is 114 cm³/mol. The number of aromatic hydroxyl groups is 1. The number of hydrogen-bond donors (Lipinski definition) is 3. The maximum Gasteiger partial charge on any atom is 0.305 e. The molecule has 0 saturated carbocycles. The van der Waals surface area contributed by atoms with Crippen molar-refractivity contribution in [3.8, 4) is 11.5 Å². The van der Waals surface area contributed by atoms with Crippen molar-refractivity contribution in [2.45, 2.75) is 44.8 Å². The number of carboxylic acids is 1. The zero-order valence-corrected chi connectivity index (χ0v) is 17.9. The van der Waals surface area contributed by atoms with Gasteiger partial charge < -0.3 is 14.9 Å². The zero-order valence-electron chi connectivity index (χ0n) is 17.9. The third kappa shape index (κ3) is 5.58. The second kappa shape index (κ2) is 10.7. The Labute approximate surface area is 184 Å². The number of nitrogens with zero attached hydrogens (tertiary/aromatic N) is 4. The Hall–Kier alpha value is -3.53. The molecule has 3 aromatic rings. The molecule has 0 spiro atoms. The van der Waals surface area contributed by atoms with E-state index in [-0.39, 0.29) is 12.2 Å². The van der Waals surface area contributed by atoms with Crippen LogP contribution in [0.15, 0.2) is 42.5 Å². The summed E-state index contributed by atoms with van der Waals surface area (Å²) in [6, 6.07) is 9.22. The Morgan fingerprint density at radius 2 is 1.94 bits per heavy atom. The standard InChI is InChI=1S/C22H26FN5O4/c1-3-4-11-28-22(25-26-27-28)21(15-7-10-19(32-2)18(29)12-15)24-17(13-20(30)31)14-5-8-16(23)9-6-14/h5-10,12,17,21,24,29H,3-4,11,13H2,1-2H3,(H,30,31). The first kappa shape index (κ1) is 23.1. The number of ether oxygens (including phenoxy) is 1. The number of aliphatic carboxylic acids is 1. The summed E-state index contributed by atoms with van der Waals surface area (Å²) in [5, 5.41) is 35.2. The van der Waals surface area contributed by atoms with Crippen molar-refractivity contribution in [3.63, 3.8) is 0 Å². The number of phenols is 1. The van der Waals surface area contributed by atoms with Crippen molar-refractivity contribution in [1.82, 2.24) is 25.5 Å². The molecular formula is C22H26FN5O4. The van der Waals surface area contributed by atoms with Gasteiger partial charge in [-0.2, -0.15) is 0 Å². The molecule has 0 radical (unpaired) electrons. The molecule has 170 valence electrons. The van der Waals surface area contributed by atoms with Crippen LogP contribution >= 0.6 is 0 Å². The van der Waals surface area contributed by atoms with Crippen LogP contribution in [0.1, 0.15) is 55.2 Å². The Bertz CT molecular complexity index is 1040. The largest absolute Gasteiger partial charge is 0.504 e. The summed E-state index contributed by atoms with van der Waals surface area (Å²) in [6.45, 7) is 2.64. The fourth-order valence-corrected chi connectivity index (χ4v) is 3.44. The molecule has 1 aromatic heterocycles. The normalized spacial score (nSPS) is 13.0. The molecule has 0 amide bonds. The summed E-state index contributed by atoms with van der Waals surface area (Å²) in [7, 11) is 1.45. The van der Waals surface area contributed by atoms with Gasteiger partial charge in [-0.15, -0.1) is 5.10 Å². The maximum absolute atomic E-state index is 13.4. The number of hydrogen-bond acceptors (Lipinski definition) is 7. The molecule has 2 aromatic carbocycles. The van der Waals surface area contributed by atoms with Crippen LogP contribution in [0.3, 0.4) is 0 Å². The fraction of sp³-hybridized carbons (Fsp3) is 0.364. The van der Waals surface area contributed by atoms with Crippen LogP contribution in [0.25, 0.3) is 0 Å². The first-order valence-corrected chi connectivity index (χ1v) is 10.3. The minimum atomic E-state index is -1.02. The number of phenolic OH excluding ortho intramolecular Hbond substituents is 1. The van der Waals surface area contributed by atoms with E-state index in [4.69, 9.17) is 4.74 Å². The number of aromatic nitrogens is 4. The average molecular weight is 443 g/mol. The van der Waals surface area contributed by atoms with E-state index in [1.54, 1.807) is 28.9 Å². The number of carboxylic acid groups (broad SMARTS) is 1. The van der Waals surface area contributed by atoms with Gasteiger partial charge in [-0.25, -0.2) is 9.07 Å². The van der Waals surface area contributed by atoms with Gasteiger partial charge in [-0.3, -0.25) is 10.1 Å². The summed E-state index contributed by atoms with van der Waals surface area (Å²) in [5.74, 6) is -0.725. The third-order valence-electron chi connectivity index (χ3n) is 5.10. The van der Waals surface area contributed by atoms with Crippen LogP contribution in [0.5, 0.6) is 11.5 Å². The minimum absolute atomic E-state index is 0.0686. The molecular weight excluding hydrogens is 417 g/mol. The van der Waals surface area contributed by atoms with Gasteiger partial charge in [0.1, 0.15) is 5.82 Å². The summed E-state index contributed by atoms with van der Waals surface area (Å²) < 4.78 is 20.2. The van der Waals surface area contributed by atoms with Crippen molar-refractivity contribution in [1.29, 1.82) is 0 Å². The monoisotopic (exact) mass is 443 g/mol. The van der Waals surface area contributed by atoms with Crippen molar-refractivity contribution in [2.24, 2.45) is 0 Å². The van der Waals surface area contributed by atoms with E-state index >= 15 is 0 Å². The van der Waals surface area contributed by atoms with Crippen LogP contribution in [0.4, 0.5) is 4.39 Å². The number of nitrogens with one attached hydrogen (secondary N) is 1.